The molecule has 0 aromatic heterocycles. The zero-order valence-corrected chi connectivity index (χ0v) is 14.6. The molecule has 1 atom stereocenters. The molecular formula is C17H24F3N3O2. The van der Waals surface area contributed by atoms with Gasteiger partial charge in [-0.05, 0) is 38.4 Å². The van der Waals surface area contributed by atoms with Gasteiger partial charge in [-0.2, -0.15) is 13.2 Å². The first-order valence-electron chi connectivity index (χ1n) is 8.08. The lowest BCUT2D eigenvalue weighted by molar-refractivity contribution is -0.141. The number of hydrogen-bond donors (Lipinski definition) is 2. The number of nitrogens with zero attached hydrogens (tertiary/aromatic N) is 1. The Kier molecular flexibility index (Phi) is 7.89. The maximum Gasteiger partial charge on any atom is 0.405 e. The predicted octanol–water partition coefficient (Wildman–Crippen LogP) is 2.71. The molecule has 0 heterocycles. The summed E-state index contributed by atoms with van der Waals surface area (Å²) in [5, 5.41) is 4.61. The van der Waals surface area contributed by atoms with Gasteiger partial charge in [-0.3, -0.25) is 14.5 Å². The molecule has 8 heteroatoms. The van der Waals surface area contributed by atoms with E-state index in [0.29, 0.717) is 18.7 Å². The molecule has 0 saturated carbocycles. The minimum Gasteiger partial charge on any atom is -0.346 e. The molecule has 0 radical (unpaired) electrons. The number of rotatable bonds is 8. The Morgan fingerprint density at radius 3 is 2.44 bits per heavy atom. The summed E-state index contributed by atoms with van der Waals surface area (Å²) >= 11 is 0. The van der Waals surface area contributed by atoms with Crippen LogP contribution < -0.4 is 10.6 Å². The summed E-state index contributed by atoms with van der Waals surface area (Å²) in [5.41, 5.74) is 1.56. The third-order valence-corrected chi connectivity index (χ3v) is 3.67. The van der Waals surface area contributed by atoms with Crippen LogP contribution in [0, 0.1) is 6.92 Å². The quantitative estimate of drug-likeness (QED) is 0.750. The highest BCUT2D eigenvalue weighted by Crippen LogP contribution is 2.14. The average molecular weight is 359 g/mol. The average Bonchev–Trinajstić information content (AvgIpc) is 2.53. The smallest absolute Gasteiger partial charge is 0.346 e. The van der Waals surface area contributed by atoms with Gasteiger partial charge in [0.15, 0.2) is 0 Å². The second-order valence-corrected chi connectivity index (χ2v) is 5.84. The van der Waals surface area contributed by atoms with E-state index in [1.54, 1.807) is 17.0 Å². The molecular weight excluding hydrogens is 335 g/mol. The fourth-order valence-electron chi connectivity index (χ4n) is 2.29. The van der Waals surface area contributed by atoms with E-state index < -0.39 is 24.7 Å². The summed E-state index contributed by atoms with van der Waals surface area (Å²) in [6.07, 6.45) is -3.80. The summed E-state index contributed by atoms with van der Waals surface area (Å²) in [6, 6.07) is 6.41. The van der Waals surface area contributed by atoms with Crippen LogP contribution in [0.5, 0.6) is 0 Å². The summed E-state index contributed by atoms with van der Waals surface area (Å²) in [6.45, 7) is 4.16. The maximum atomic E-state index is 12.2. The summed E-state index contributed by atoms with van der Waals surface area (Å²) in [4.78, 5) is 25.7. The van der Waals surface area contributed by atoms with Crippen molar-refractivity contribution in [1.29, 1.82) is 0 Å². The fraction of sp³-hybridized carbons (Fsp3) is 0.529. The Hall–Kier alpha value is -2.09. The molecule has 1 aromatic carbocycles. The number of amides is 2. The number of anilines is 1. The number of carbonyl (C=O) groups is 2. The van der Waals surface area contributed by atoms with E-state index in [0.717, 1.165) is 5.56 Å². The van der Waals surface area contributed by atoms with Crippen molar-refractivity contribution < 1.29 is 22.8 Å². The van der Waals surface area contributed by atoms with Gasteiger partial charge in [-0.25, -0.2) is 0 Å². The van der Waals surface area contributed by atoms with Crippen molar-refractivity contribution in [2.24, 2.45) is 0 Å². The summed E-state index contributed by atoms with van der Waals surface area (Å²) in [5.74, 6) is -1.08. The third-order valence-electron chi connectivity index (χ3n) is 3.67. The standard InChI is InChI=1S/C17H24F3N3O2/c1-4-9-23(13(3)16(25)21-11-17(18,19)20)10-15(24)22-14-8-6-5-7-12(14)2/h5-8,13H,4,9-11H2,1-3H3,(H,21,25)(H,22,24). The number of nitrogens with one attached hydrogen (secondary N) is 2. The molecule has 2 N–H and O–H groups in total. The molecule has 0 fully saturated rings. The highest BCUT2D eigenvalue weighted by Gasteiger charge is 2.30. The number of hydrogen-bond acceptors (Lipinski definition) is 3. The molecule has 0 bridgehead atoms. The lowest BCUT2D eigenvalue weighted by atomic mass is 10.2. The van der Waals surface area contributed by atoms with Crippen LogP contribution in [0.15, 0.2) is 24.3 Å². The Balaban J connectivity index is 2.67. The Morgan fingerprint density at radius 2 is 1.88 bits per heavy atom. The van der Waals surface area contributed by atoms with Gasteiger partial charge in [0.1, 0.15) is 6.54 Å². The van der Waals surface area contributed by atoms with Gasteiger partial charge in [0, 0.05) is 5.69 Å². The number of para-hydroxylation sites is 1. The topological polar surface area (TPSA) is 61.4 Å². The van der Waals surface area contributed by atoms with E-state index in [1.165, 1.54) is 6.92 Å². The maximum absolute atomic E-state index is 12.2. The molecule has 140 valence electrons. The number of alkyl halides is 3. The molecule has 1 rings (SSSR count). The summed E-state index contributed by atoms with van der Waals surface area (Å²) in [7, 11) is 0. The monoisotopic (exact) mass is 359 g/mol. The van der Waals surface area contributed by atoms with E-state index in [4.69, 9.17) is 0 Å². The zero-order chi connectivity index (χ0) is 19.0. The van der Waals surface area contributed by atoms with Crippen molar-refractivity contribution in [3.8, 4) is 0 Å². The van der Waals surface area contributed by atoms with Crippen LogP contribution in [0.3, 0.4) is 0 Å². The Morgan fingerprint density at radius 1 is 1.24 bits per heavy atom. The lowest BCUT2D eigenvalue weighted by Crippen LogP contribution is -2.49. The molecule has 0 aliphatic carbocycles. The SMILES string of the molecule is CCCN(CC(=O)Nc1ccccc1C)C(C)C(=O)NCC(F)(F)F. The summed E-state index contributed by atoms with van der Waals surface area (Å²) < 4.78 is 36.7. The largest absolute Gasteiger partial charge is 0.405 e. The van der Waals surface area contributed by atoms with Gasteiger partial charge in [0.25, 0.3) is 0 Å². The fourth-order valence-corrected chi connectivity index (χ4v) is 2.29. The van der Waals surface area contributed by atoms with E-state index in [9.17, 15) is 22.8 Å². The molecule has 1 aromatic rings. The van der Waals surface area contributed by atoms with E-state index in [-0.39, 0.29) is 12.5 Å². The number of benzene rings is 1. The van der Waals surface area contributed by atoms with E-state index in [1.807, 2.05) is 31.3 Å². The van der Waals surface area contributed by atoms with Gasteiger partial charge < -0.3 is 10.6 Å². The second-order valence-electron chi connectivity index (χ2n) is 5.84. The van der Waals surface area contributed by atoms with Gasteiger partial charge in [-0.1, -0.05) is 25.1 Å². The molecule has 0 saturated heterocycles. The second kappa shape index (κ2) is 9.41. The molecule has 5 nitrogen and oxygen atoms in total. The Labute approximate surface area is 145 Å². The van der Waals surface area contributed by atoms with Gasteiger partial charge in [0.2, 0.25) is 11.8 Å². The van der Waals surface area contributed by atoms with Crippen molar-refractivity contribution in [3.05, 3.63) is 29.8 Å². The van der Waals surface area contributed by atoms with Crippen LogP contribution in [-0.2, 0) is 9.59 Å². The van der Waals surface area contributed by atoms with E-state index in [2.05, 4.69) is 5.32 Å². The minimum absolute atomic E-state index is 0.0806. The zero-order valence-electron chi connectivity index (χ0n) is 14.6. The predicted molar refractivity (Wildman–Crippen MR) is 90.2 cm³/mol. The van der Waals surface area contributed by atoms with Crippen molar-refractivity contribution in [3.63, 3.8) is 0 Å². The van der Waals surface area contributed by atoms with Crippen LogP contribution in [0.4, 0.5) is 18.9 Å². The molecule has 25 heavy (non-hydrogen) atoms. The number of halogens is 3. The van der Waals surface area contributed by atoms with Crippen molar-refractivity contribution in [1.82, 2.24) is 10.2 Å². The van der Waals surface area contributed by atoms with Crippen molar-refractivity contribution in [2.45, 2.75) is 39.4 Å². The number of carbonyl (C=O) groups excluding carboxylic acids is 2. The van der Waals surface area contributed by atoms with Crippen molar-refractivity contribution >= 4 is 17.5 Å². The molecule has 0 spiro atoms. The van der Waals surface area contributed by atoms with Crippen LogP contribution >= 0.6 is 0 Å². The highest BCUT2D eigenvalue weighted by molar-refractivity contribution is 5.93. The van der Waals surface area contributed by atoms with Crippen LogP contribution in [0.25, 0.3) is 0 Å². The first-order valence-corrected chi connectivity index (χ1v) is 8.08. The first-order chi connectivity index (χ1) is 11.6. The van der Waals surface area contributed by atoms with Crippen molar-refractivity contribution in [2.75, 3.05) is 25.0 Å². The van der Waals surface area contributed by atoms with E-state index >= 15 is 0 Å². The minimum atomic E-state index is -4.47. The van der Waals surface area contributed by atoms with Crippen LogP contribution in [-0.4, -0.2) is 48.6 Å². The van der Waals surface area contributed by atoms with Gasteiger partial charge in [-0.15, -0.1) is 0 Å². The van der Waals surface area contributed by atoms with Crippen LogP contribution in [0.2, 0.25) is 0 Å². The van der Waals surface area contributed by atoms with Gasteiger partial charge >= 0.3 is 6.18 Å². The Bertz CT molecular complexity index is 591. The molecule has 0 aliphatic rings. The first kappa shape index (κ1) is 21.0. The lowest BCUT2D eigenvalue weighted by Gasteiger charge is -2.27. The highest BCUT2D eigenvalue weighted by atomic mass is 19.4. The normalized spacial score (nSPS) is 12.8. The molecule has 2 amide bonds. The molecule has 0 aliphatic heterocycles. The number of aryl methyl sites for hydroxylation is 1. The van der Waals surface area contributed by atoms with Crippen LogP contribution in [0.1, 0.15) is 25.8 Å². The third kappa shape index (κ3) is 7.55. The molecule has 1 unspecified atom stereocenters. The van der Waals surface area contributed by atoms with Gasteiger partial charge in [0.05, 0.1) is 12.6 Å².